The molecule has 0 saturated carbocycles. The van der Waals surface area contributed by atoms with Crippen molar-refractivity contribution in [2.24, 2.45) is 0 Å². The van der Waals surface area contributed by atoms with Gasteiger partial charge in [0, 0.05) is 0 Å². The molecule has 0 N–H and O–H groups in total. The molecule has 0 heteroatoms. The van der Waals surface area contributed by atoms with Crippen molar-refractivity contribution >= 4 is 32.3 Å². The number of unbranched alkanes of at least 4 members (excludes halogenated alkanes) is 5. The Bertz CT molecular complexity index is 946. The highest BCUT2D eigenvalue weighted by molar-refractivity contribution is 6.23. The Kier molecular flexibility index (Phi) is 7.10. The van der Waals surface area contributed by atoms with Crippen LogP contribution in [-0.4, -0.2) is 0 Å². The summed E-state index contributed by atoms with van der Waals surface area (Å²) < 4.78 is 0. The summed E-state index contributed by atoms with van der Waals surface area (Å²) in [6.07, 6.45) is 10.6. The van der Waals surface area contributed by atoms with Gasteiger partial charge in [0.1, 0.15) is 0 Å². The molecule has 0 aromatic heterocycles. The van der Waals surface area contributed by atoms with E-state index in [1.807, 2.05) is 0 Å². The molecule has 0 nitrogen and oxygen atoms in total. The molecule has 4 aromatic carbocycles. The van der Waals surface area contributed by atoms with Gasteiger partial charge in [-0.1, -0.05) is 114 Å². The second-order valence-electron chi connectivity index (χ2n) is 7.74. The Balaban J connectivity index is 0.000000376. The fourth-order valence-electron chi connectivity index (χ4n) is 4.11. The van der Waals surface area contributed by atoms with Crippen LogP contribution in [0.25, 0.3) is 32.3 Å². The second kappa shape index (κ2) is 9.74. The highest BCUT2D eigenvalue weighted by Gasteiger charge is 2.10. The molecule has 0 spiro atoms. The van der Waals surface area contributed by atoms with E-state index in [2.05, 4.69) is 75.4 Å². The van der Waals surface area contributed by atoms with Gasteiger partial charge in [-0.15, -0.1) is 0 Å². The van der Waals surface area contributed by atoms with Gasteiger partial charge in [-0.2, -0.15) is 0 Å². The van der Waals surface area contributed by atoms with Crippen LogP contribution in [-0.2, 0) is 6.42 Å². The predicted molar refractivity (Wildman–Crippen MR) is 123 cm³/mol. The lowest BCUT2D eigenvalue weighted by molar-refractivity contribution is 0.668. The minimum atomic E-state index is 1.20. The molecule has 0 heterocycles. The van der Waals surface area contributed by atoms with E-state index in [1.54, 1.807) is 0 Å². The lowest BCUT2D eigenvalue weighted by atomic mass is 9.90. The van der Waals surface area contributed by atoms with Gasteiger partial charge >= 0.3 is 0 Å². The summed E-state index contributed by atoms with van der Waals surface area (Å²) in [4.78, 5) is 0. The van der Waals surface area contributed by atoms with E-state index in [-0.39, 0.29) is 0 Å². The summed E-state index contributed by atoms with van der Waals surface area (Å²) in [5, 5.41) is 8.45. The van der Waals surface area contributed by atoms with E-state index < -0.39 is 0 Å². The van der Waals surface area contributed by atoms with Crippen molar-refractivity contribution in [1.29, 1.82) is 0 Å². The summed E-state index contributed by atoms with van der Waals surface area (Å²) in [6.45, 7) is 6.70. The van der Waals surface area contributed by atoms with Crippen molar-refractivity contribution < 1.29 is 0 Å². The van der Waals surface area contributed by atoms with Crippen LogP contribution >= 0.6 is 0 Å². The first-order chi connectivity index (χ1) is 13.3. The van der Waals surface area contributed by atoms with Crippen molar-refractivity contribution in [2.45, 2.75) is 72.1 Å². The van der Waals surface area contributed by atoms with Crippen molar-refractivity contribution in [2.75, 3.05) is 0 Å². The quantitative estimate of drug-likeness (QED) is 0.228. The summed E-state index contributed by atoms with van der Waals surface area (Å²) in [6, 6.07) is 20.4. The maximum Gasteiger partial charge on any atom is -0.00240 e. The first kappa shape index (κ1) is 19.7. The van der Waals surface area contributed by atoms with E-state index in [0.29, 0.717) is 0 Å². The monoisotopic (exact) mass is 358 g/mol. The van der Waals surface area contributed by atoms with Crippen molar-refractivity contribution in [3.8, 4) is 0 Å². The molecule has 142 valence electrons. The molecule has 0 fully saturated rings. The Hall–Kier alpha value is -2.08. The fourth-order valence-corrected chi connectivity index (χ4v) is 4.11. The molecular formula is C27H34. The van der Waals surface area contributed by atoms with Crippen LogP contribution in [0.1, 0.15) is 71.3 Å². The summed E-state index contributed by atoms with van der Waals surface area (Å²) in [7, 11) is 0. The van der Waals surface area contributed by atoms with Crippen LogP contribution in [0.3, 0.4) is 0 Å². The Morgan fingerprint density at radius 3 is 1.74 bits per heavy atom. The normalized spacial score (nSPS) is 11.2. The van der Waals surface area contributed by atoms with Crippen LogP contribution in [0, 0.1) is 0 Å². The molecule has 0 unspecified atom stereocenters. The summed E-state index contributed by atoms with van der Waals surface area (Å²) in [5.41, 5.74) is 1.52. The number of aryl methyl sites for hydroxylation is 1. The molecule has 0 aliphatic carbocycles. The van der Waals surface area contributed by atoms with E-state index in [0.717, 1.165) is 0 Å². The van der Waals surface area contributed by atoms with Crippen molar-refractivity contribution in [3.05, 3.63) is 60.2 Å². The standard InChI is InChI=1S/C22H22.C5H12/c1-2-3-4-5-7-16-10-11-19-13-12-17-8-6-9-18-14-15-20(16)22(19)21(17)18;1-3-5-4-2/h6,8-15H,2-5,7H2,1H3;3-5H2,1-2H3. The SMILES string of the molecule is CCCCC.CCCCCCc1ccc2ccc3cccc4ccc1c2c34. The van der Waals surface area contributed by atoms with Gasteiger partial charge in [-0.25, -0.2) is 0 Å². The second-order valence-corrected chi connectivity index (χ2v) is 7.74. The van der Waals surface area contributed by atoms with Crippen molar-refractivity contribution in [3.63, 3.8) is 0 Å². The maximum absolute atomic E-state index is 2.34. The molecule has 0 aliphatic rings. The molecule has 0 amide bonds. The smallest absolute Gasteiger partial charge is 0.00240 e. The first-order valence-corrected chi connectivity index (χ1v) is 11.0. The predicted octanol–water partition coefficient (Wildman–Crippen LogP) is 8.90. The Morgan fingerprint density at radius 1 is 0.519 bits per heavy atom. The Morgan fingerprint density at radius 2 is 1.11 bits per heavy atom. The van der Waals surface area contributed by atoms with E-state index >= 15 is 0 Å². The fraction of sp³-hybridized carbons (Fsp3) is 0.407. The summed E-state index contributed by atoms with van der Waals surface area (Å²) >= 11 is 0. The zero-order valence-electron chi connectivity index (χ0n) is 17.4. The van der Waals surface area contributed by atoms with Crippen LogP contribution in [0.5, 0.6) is 0 Å². The molecule has 0 bridgehead atoms. The first-order valence-electron chi connectivity index (χ1n) is 11.0. The zero-order chi connectivity index (χ0) is 19.1. The third-order valence-corrected chi connectivity index (χ3v) is 5.63. The highest BCUT2D eigenvalue weighted by atomic mass is 14.1. The Labute approximate surface area is 164 Å². The molecule has 27 heavy (non-hydrogen) atoms. The van der Waals surface area contributed by atoms with E-state index in [1.165, 1.54) is 89.2 Å². The molecule has 0 saturated heterocycles. The lowest BCUT2D eigenvalue weighted by Gasteiger charge is -2.13. The maximum atomic E-state index is 2.34. The number of rotatable bonds is 7. The molecule has 0 atom stereocenters. The zero-order valence-corrected chi connectivity index (χ0v) is 17.4. The third-order valence-electron chi connectivity index (χ3n) is 5.63. The van der Waals surface area contributed by atoms with Gasteiger partial charge in [0.05, 0.1) is 0 Å². The van der Waals surface area contributed by atoms with Crippen LogP contribution in [0.4, 0.5) is 0 Å². The topological polar surface area (TPSA) is 0 Å². The van der Waals surface area contributed by atoms with Gasteiger partial charge in [-0.3, -0.25) is 0 Å². The molecule has 4 aromatic rings. The minimum absolute atomic E-state index is 1.20. The van der Waals surface area contributed by atoms with Gasteiger partial charge in [0.15, 0.2) is 0 Å². The highest BCUT2D eigenvalue weighted by Crippen LogP contribution is 2.36. The van der Waals surface area contributed by atoms with Crippen LogP contribution < -0.4 is 0 Å². The van der Waals surface area contributed by atoms with Gasteiger partial charge in [0.25, 0.3) is 0 Å². The number of hydrogen-bond donors (Lipinski definition) is 0. The third kappa shape index (κ3) is 4.43. The molecular weight excluding hydrogens is 324 g/mol. The lowest BCUT2D eigenvalue weighted by Crippen LogP contribution is -1.91. The van der Waals surface area contributed by atoms with E-state index in [9.17, 15) is 0 Å². The largest absolute Gasteiger partial charge is 0.0654 e. The van der Waals surface area contributed by atoms with Gasteiger partial charge in [-0.05, 0) is 50.7 Å². The average Bonchev–Trinajstić information content (AvgIpc) is 2.71. The minimum Gasteiger partial charge on any atom is -0.0654 e. The average molecular weight is 359 g/mol. The summed E-state index contributed by atoms with van der Waals surface area (Å²) in [5.74, 6) is 0. The molecule has 4 rings (SSSR count). The van der Waals surface area contributed by atoms with Crippen molar-refractivity contribution in [1.82, 2.24) is 0 Å². The van der Waals surface area contributed by atoms with Gasteiger partial charge in [0.2, 0.25) is 0 Å². The number of hydrogen-bond acceptors (Lipinski definition) is 0. The van der Waals surface area contributed by atoms with E-state index in [4.69, 9.17) is 0 Å². The molecule has 0 radical (unpaired) electrons. The number of benzene rings is 4. The van der Waals surface area contributed by atoms with Gasteiger partial charge < -0.3 is 0 Å². The van der Waals surface area contributed by atoms with Crippen LogP contribution in [0.2, 0.25) is 0 Å². The molecule has 0 aliphatic heterocycles. The van der Waals surface area contributed by atoms with Crippen LogP contribution in [0.15, 0.2) is 54.6 Å².